The zero-order valence-corrected chi connectivity index (χ0v) is 9.60. The van der Waals surface area contributed by atoms with E-state index in [1.165, 1.54) is 57.9 Å². The second-order valence-corrected chi connectivity index (χ2v) is 5.39. The van der Waals surface area contributed by atoms with Crippen LogP contribution >= 0.6 is 0 Å². The molecule has 1 atom stereocenters. The Labute approximate surface area is 88.7 Å². The number of hydrogen-bond donors (Lipinski definition) is 1. The van der Waals surface area contributed by atoms with Crippen LogP contribution in [0.2, 0.25) is 0 Å². The molecule has 2 aliphatic carbocycles. The Morgan fingerprint density at radius 1 is 1.00 bits per heavy atom. The van der Waals surface area contributed by atoms with E-state index in [0.717, 1.165) is 17.9 Å². The highest BCUT2D eigenvalue weighted by molar-refractivity contribution is 4.79. The minimum Gasteiger partial charge on any atom is -0.314 e. The third-order valence-corrected chi connectivity index (χ3v) is 4.31. The molecule has 2 fully saturated rings. The summed E-state index contributed by atoms with van der Waals surface area (Å²) in [4.78, 5) is 0. The van der Waals surface area contributed by atoms with Crippen molar-refractivity contribution in [2.45, 2.75) is 64.3 Å². The molecule has 1 N–H and O–H groups in total. The largest absolute Gasteiger partial charge is 0.314 e. The third kappa shape index (κ3) is 2.73. The van der Waals surface area contributed by atoms with Crippen molar-refractivity contribution in [1.29, 1.82) is 0 Å². The molecule has 0 radical (unpaired) electrons. The molecule has 14 heavy (non-hydrogen) atoms. The third-order valence-electron chi connectivity index (χ3n) is 4.31. The molecule has 0 bridgehead atoms. The molecule has 2 rings (SSSR count). The van der Waals surface area contributed by atoms with Gasteiger partial charge in [-0.2, -0.15) is 0 Å². The van der Waals surface area contributed by atoms with Crippen LogP contribution in [-0.4, -0.2) is 12.6 Å². The van der Waals surface area contributed by atoms with Gasteiger partial charge in [0.25, 0.3) is 0 Å². The van der Waals surface area contributed by atoms with Crippen LogP contribution in [-0.2, 0) is 0 Å². The molecular formula is C13H25N. The molecule has 0 saturated heterocycles. The lowest BCUT2D eigenvalue weighted by atomic mass is 9.99. The molecule has 82 valence electrons. The van der Waals surface area contributed by atoms with Gasteiger partial charge in [-0.25, -0.2) is 0 Å². The highest BCUT2D eigenvalue weighted by atomic mass is 14.9. The summed E-state index contributed by atoms with van der Waals surface area (Å²) in [5.74, 6) is 1.98. The summed E-state index contributed by atoms with van der Waals surface area (Å²) in [6, 6.07) is 0.776. The first-order chi connectivity index (χ1) is 6.86. The van der Waals surface area contributed by atoms with Crippen LogP contribution < -0.4 is 5.32 Å². The fraction of sp³-hybridized carbons (Fsp3) is 1.00. The Hall–Kier alpha value is -0.0400. The predicted octanol–water partition coefficient (Wildman–Crippen LogP) is 3.34. The van der Waals surface area contributed by atoms with Gasteiger partial charge in [-0.15, -0.1) is 0 Å². The molecule has 0 heterocycles. The SMILES string of the molecule is C[C@H](NCC1CCCC1)C1CCCC1. The van der Waals surface area contributed by atoms with Crippen LogP contribution in [0, 0.1) is 11.8 Å². The first-order valence-electron chi connectivity index (χ1n) is 6.59. The summed E-state index contributed by atoms with van der Waals surface area (Å²) in [6.07, 6.45) is 11.8. The molecule has 0 spiro atoms. The second-order valence-electron chi connectivity index (χ2n) is 5.39. The molecule has 0 aromatic carbocycles. The van der Waals surface area contributed by atoms with Gasteiger partial charge in [0.1, 0.15) is 0 Å². The molecular weight excluding hydrogens is 170 g/mol. The van der Waals surface area contributed by atoms with Crippen molar-refractivity contribution in [2.75, 3.05) is 6.54 Å². The minimum absolute atomic E-state index is 0.776. The Kier molecular flexibility index (Phi) is 3.86. The van der Waals surface area contributed by atoms with Crippen molar-refractivity contribution < 1.29 is 0 Å². The highest BCUT2D eigenvalue weighted by Gasteiger charge is 2.22. The van der Waals surface area contributed by atoms with Gasteiger partial charge in [0.15, 0.2) is 0 Å². The van der Waals surface area contributed by atoms with E-state index in [9.17, 15) is 0 Å². The average molecular weight is 195 g/mol. The standard InChI is InChI=1S/C13H25N/c1-11(13-8-4-5-9-13)14-10-12-6-2-3-7-12/h11-14H,2-10H2,1H3/t11-/m0/s1. The van der Waals surface area contributed by atoms with Crippen molar-refractivity contribution >= 4 is 0 Å². The van der Waals surface area contributed by atoms with E-state index in [4.69, 9.17) is 0 Å². The lowest BCUT2D eigenvalue weighted by Gasteiger charge is -2.22. The molecule has 0 amide bonds. The molecule has 0 aromatic heterocycles. The van der Waals surface area contributed by atoms with Gasteiger partial charge < -0.3 is 5.32 Å². The summed E-state index contributed by atoms with van der Waals surface area (Å²) in [5.41, 5.74) is 0. The molecule has 1 heteroatoms. The van der Waals surface area contributed by atoms with Crippen molar-refractivity contribution in [3.05, 3.63) is 0 Å². The Morgan fingerprint density at radius 3 is 2.21 bits per heavy atom. The van der Waals surface area contributed by atoms with E-state index in [0.29, 0.717) is 0 Å². The normalized spacial score (nSPS) is 27.2. The fourth-order valence-electron chi connectivity index (χ4n) is 3.19. The van der Waals surface area contributed by atoms with Crippen molar-refractivity contribution in [3.63, 3.8) is 0 Å². The Balaban J connectivity index is 1.63. The second kappa shape index (κ2) is 5.16. The molecule has 2 saturated carbocycles. The molecule has 0 aliphatic heterocycles. The average Bonchev–Trinajstić information content (AvgIpc) is 2.87. The van der Waals surface area contributed by atoms with E-state index in [2.05, 4.69) is 12.2 Å². The fourth-order valence-corrected chi connectivity index (χ4v) is 3.19. The predicted molar refractivity (Wildman–Crippen MR) is 61.4 cm³/mol. The van der Waals surface area contributed by atoms with Gasteiger partial charge in [0.2, 0.25) is 0 Å². The summed E-state index contributed by atoms with van der Waals surface area (Å²) in [7, 11) is 0. The smallest absolute Gasteiger partial charge is 0.00671 e. The molecule has 0 aromatic rings. The van der Waals surface area contributed by atoms with Crippen molar-refractivity contribution in [2.24, 2.45) is 11.8 Å². The number of rotatable bonds is 4. The zero-order chi connectivity index (χ0) is 9.80. The summed E-state index contributed by atoms with van der Waals surface area (Å²) in [6.45, 7) is 3.68. The van der Waals surface area contributed by atoms with Crippen LogP contribution in [0.1, 0.15) is 58.3 Å². The van der Waals surface area contributed by atoms with Crippen LogP contribution in [0.4, 0.5) is 0 Å². The quantitative estimate of drug-likeness (QED) is 0.725. The molecule has 0 unspecified atom stereocenters. The van der Waals surface area contributed by atoms with Crippen molar-refractivity contribution in [3.8, 4) is 0 Å². The summed E-state index contributed by atoms with van der Waals surface area (Å²) in [5, 5.41) is 3.77. The van der Waals surface area contributed by atoms with Crippen LogP contribution in [0.3, 0.4) is 0 Å². The molecule has 1 nitrogen and oxygen atoms in total. The zero-order valence-electron chi connectivity index (χ0n) is 9.60. The van der Waals surface area contributed by atoms with Gasteiger partial charge in [-0.1, -0.05) is 25.7 Å². The maximum absolute atomic E-state index is 3.77. The van der Waals surface area contributed by atoms with E-state index in [1.807, 2.05) is 0 Å². The van der Waals surface area contributed by atoms with Gasteiger partial charge in [0, 0.05) is 6.04 Å². The van der Waals surface area contributed by atoms with Gasteiger partial charge >= 0.3 is 0 Å². The van der Waals surface area contributed by atoms with Gasteiger partial charge in [0.05, 0.1) is 0 Å². The van der Waals surface area contributed by atoms with Crippen molar-refractivity contribution in [1.82, 2.24) is 5.32 Å². The number of nitrogens with one attached hydrogen (secondary N) is 1. The maximum atomic E-state index is 3.77. The van der Waals surface area contributed by atoms with Gasteiger partial charge in [-0.3, -0.25) is 0 Å². The van der Waals surface area contributed by atoms with Gasteiger partial charge in [-0.05, 0) is 51.0 Å². The number of hydrogen-bond acceptors (Lipinski definition) is 1. The summed E-state index contributed by atoms with van der Waals surface area (Å²) < 4.78 is 0. The van der Waals surface area contributed by atoms with Crippen LogP contribution in [0.15, 0.2) is 0 Å². The minimum atomic E-state index is 0.776. The van der Waals surface area contributed by atoms with E-state index in [-0.39, 0.29) is 0 Å². The van der Waals surface area contributed by atoms with E-state index < -0.39 is 0 Å². The first-order valence-corrected chi connectivity index (χ1v) is 6.59. The maximum Gasteiger partial charge on any atom is 0.00671 e. The lowest BCUT2D eigenvalue weighted by Crippen LogP contribution is -2.35. The van der Waals surface area contributed by atoms with E-state index >= 15 is 0 Å². The monoisotopic (exact) mass is 195 g/mol. The van der Waals surface area contributed by atoms with E-state index in [1.54, 1.807) is 0 Å². The topological polar surface area (TPSA) is 12.0 Å². The molecule has 2 aliphatic rings. The Morgan fingerprint density at radius 2 is 1.57 bits per heavy atom. The Bertz CT molecular complexity index is 155. The van der Waals surface area contributed by atoms with Crippen LogP contribution in [0.25, 0.3) is 0 Å². The summed E-state index contributed by atoms with van der Waals surface area (Å²) >= 11 is 0. The van der Waals surface area contributed by atoms with Crippen LogP contribution in [0.5, 0.6) is 0 Å². The lowest BCUT2D eigenvalue weighted by molar-refractivity contribution is 0.353. The highest BCUT2D eigenvalue weighted by Crippen LogP contribution is 2.28. The first kappa shape index (κ1) is 10.5.